The number of nitrogens with one attached hydrogen (secondary N) is 1. The van der Waals surface area contributed by atoms with Crippen molar-refractivity contribution in [1.29, 1.82) is 5.26 Å². The van der Waals surface area contributed by atoms with Crippen LogP contribution in [0.15, 0.2) is 9.72 Å². The first-order valence-corrected chi connectivity index (χ1v) is 8.67. The van der Waals surface area contributed by atoms with E-state index in [1.807, 2.05) is 25.6 Å². The highest BCUT2D eigenvalue weighted by molar-refractivity contribution is 8.00. The van der Waals surface area contributed by atoms with Crippen LogP contribution in [0.5, 0.6) is 0 Å². The molecule has 0 saturated carbocycles. The molecule has 1 N–H and O–H groups in total. The summed E-state index contributed by atoms with van der Waals surface area (Å²) in [6, 6.07) is 2.40. The normalized spacial score (nSPS) is 14.0. The lowest BCUT2D eigenvalue weighted by Gasteiger charge is -2.22. The highest BCUT2D eigenvalue weighted by Crippen LogP contribution is 2.24. The van der Waals surface area contributed by atoms with Crippen molar-refractivity contribution in [3.8, 4) is 6.07 Å². The lowest BCUT2D eigenvalue weighted by Crippen LogP contribution is -2.41. The van der Waals surface area contributed by atoms with E-state index in [4.69, 9.17) is 0 Å². The summed E-state index contributed by atoms with van der Waals surface area (Å²) in [5.41, 5.74) is 0.742. The summed E-state index contributed by atoms with van der Waals surface area (Å²) in [5.74, 6) is 1.09. The highest BCUT2D eigenvalue weighted by Gasteiger charge is 2.21. The van der Waals surface area contributed by atoms with Gasteiger partial charge in [0.05, 0.1) is 6.07 Å². The first kappa shape index (κ1) is 16.5. The smallest absolute Gasteiger partial charge is 0.150 e. The molecule has 0 aliphatic rings. The van der Waals surface area contributed by atoms with E-state index in [1.54, 1.807) is 11.3 Å². The summed E-state index contributed by atoms with van der Waals surface area (Å²) in [7, 11) is 0. The van der Waals surface area contributed by atoms with Crippen LogP contribution in [0.4, 0.5) is 0 Å². The molecule has 0 aliphatic heterocycles. The molecule has 0 radical (unpaired) electrons. The molecule has 0 amide bonds. The minimum atomic E-state index is -0.363. The van der Waals surface area contributed by atoms with Crippen LogP contribution in [0, 0.1) is 18.3 Å². The number of hydrogen-bond acceptors (Lipinski definition) is 5. The predicted octanol–water partition coefficient (Wildman–Crippen LogP) is 4.00. The number of thiazole rings is 1. The number of nitrogens with zero attached hydrogens (tertiary/aromatic N) is 2. The molecule has 1 heterocycles. The molecule has 106 valence electrons. The Labute approximate surface area is 124 Å². The average molecular weight is 297 g/mol. The minimum Gasteiger partial charge on any atom is -0.300 e. The second-order valence-electron chi connectivity index (χ2n) is 4.93. The maximum absolute atomic E-state index is 9.22. The van der Waals surface area contributed by atoms with Gasteiger partial charge in [0.15, 0.2) is 0 Å². The summed E-state index contributed by atoms with van der Waals surface area (Å²) in [4.78, 5) is 4.43. The van der Waals surface area contributed by atoms with Crippen molar-refractivity contribution in [1.82, 2.24) is 10.3 Å². The van der Waals surface area contributed by atoms with Crippen LogP contribution in [0.25, 0.3) is 0 Å². The number of aromatic nitrogens is 1. The first-order chi connectivity index (χ1) is 9.09. The van der Waals surface area contributed by atoms with E-state index in [1.165, 1.54) is 0 Å². The largest absolute Gasteiger partial charge is 0.300 e. The molecule has 0 saturated heterocycles. The molecule has 1 aromatic rings. The van der Waals surface area contributed by atoms with E-state index in [2.05, 4.69) is 28.7 Å². The maximum Gasteiger partial charge on any atom is 0.150 e. The van der Waals surface area contributed by atoms with E-state index < -0.39 is 0 Å². The summed E-state index contributed by atoms with van der Waals surface area (Å²) >= 11 is 3.54. The van der Waals surface area contributed by atoms with Gasteiger partial charge in [-0.3, -0.25) is 5.32 Å². The van der Waals surface area contributed by atoms with E-state index in [0.29, 0.717) is 0 Å². The van der Waals surface area contributed by atoms with Crippen molar-refractivity contribution < 1.29 is 0 Å². The Morgan fingerprint density at radius 2 is 2.32 bits per heavy atom. The molecule has 0 aliphatic carbocycles. The van der Waals surface area contributed by atoms with Crippen molar-refractivity contribution >= 4 is 23.1 Å². The zero-order chi connectivity index (χ0) is 14.1. The van der Waals surface area contributed by atoms with Gasteiger partial charge in [0.1, 0.15) is 9.88 Å². The van der Waals surface area contributed by atoms with Gasteiger partial charge in [-0.25, -0.2) is 4.98 Å². The lowest BCUT2D eigenvalue weighted by molar-refractivity contribution is 0.406. The van der Waals surface area contributed by atoms with E-state index >= 15 is 0 Å². The van der Waals surface area contributed by atoms with Crippen LogP contribution in [0.3, 0.4) is 0 Å². The van der Waals surface area contributed by atoms with Crippen molar-refractivity contribution in [3.05, 3.63) is 11.1 Å². The van der Waals surface area contributed by atoms with Crippen LogP contribution in [-0.2, 0) is 0 Å². The van der Waals surface area contributed by atoms with Crippen LogP contribution < -0.4 is 5.32 Å². The molecule has 1 atom stereocenters. The van der Waals surface area contributed by atoms with Gasteiger partial charge in [-0.1, -0.05) is 18.7 Å². The molecule has 3 nitrogen and oxygen atoms in total. The zero-order valence-electron chi connectivity index (χ0n) is 12.0. The third-order valence-corrected chi connectivity index (χ3v) is 5.13. The third kappa shape index (κ3) is 6.42. The Morgan fingerprint density at radius 3 is 2.89 bits per heavy atom. The first-order valence-electron chi connectivity index (χ1n) is 6.81. The van der Waals surface area contributed by atoms with E-state index in [9.17, 15) is 5.26 Å². The molecule has 0 fully saturated rings. The minimum absolute atomic E-state index is 0.363. The molecule has 0 bridgehead atoms. The summed E-state index contributed by atoms with van der Waals surface area (Å²) < 4.78 is 1.16. The molecular formula is C14H23N3S2. The second kappa shape index (κ2) is 8.57. The van der Waals surface area contributed by atoms with Gasteiger partial charge in [-0.15, -0.1) is 11.3 Å². The van der Waals surface area contributed by atoms with Gasteiger partial charge in [0.2, 0.25) is 0 Å². The highest BCUT2D eigenvalue weighted by atomic mass is 32.2. The number of aryl methyl sites for hydroxylation is 1. The third-order valence-electron chi connectivity index (χ3n) is 2.91. The fourth-order valence-corrected chi connectivity index (χ4v) is 3.64. The van der Waals surface area contributed by atoms with Gasteiger partial charge < -0.3 is 0 Å². The molecule has 0 spiro atoms. The Kier molecular flexibility index (Phi) is 7.44. The quantitative estimate of drug-likeness (QED) is 0.553. The Hall–Kier alpha value is -0.570. The monoisotopic (exact) mass is 297 g/mol. The average Bonchev–Trinajstić information content (AvgIpc) is 2.82. The van der Waals surface area contributed by atoms with Crippen LogP contribution in [-0.4, -0.2) is 22.8 Å². The van der Waals surface area contributed by atoms with Crippen LogP contribution in [0.2, 0.25) is 0 Å². The number of unbranched alkanes of at least 4 members (excludes halogenated alkanes) is 1. The molecule has 1 unspecified atom stereocenters. The lowest BCUT2D eigenvalue weighted by atomic mass is 9.96. The van der Waals surface area contributed by atoms with Gasteiger partial charge >= 0.3 is 0 Å². The van der Waals surface area contributed by atoms with Crippen molar-refractivity contribution in [3.63, 3.8) is 0 Å². The fourth-order valence-electron chi connectivity index (χ4n) is 1.72. The SMILES string of the molecule is CCCNC(C)(C#N)CCCCSc1nc(C)cs1. The zero-order valence-corrected chi connectivity index (χ0v) is 13.7. The summed E-state index contributed by atoms with van der Waals surface area (Å²) in [6.45, 7) is 7.06. The molecule has 1 rings (SSSR count). The topological polar surface area (TPSA) is 48.7 Å². The number of rotatable bonds is 9. The van der Waals surface area contributed by atoms with Gasteiger partial charge in [0.25, 0.3) is 0 Å². The fraction of sp³-hybridized carbons (Fsp3) is 0.714. The van der Waals surface area contributed by atoms with Gasteiger partial charge in [-0.05, 0) is 46.1 Å². The Balaban J connectivity index is 2.17. The van der Waals surface area contributed by atoms with E-state index in [0.717, 1.165) is 48.0 Å². The van der Waals surface area contributed by atoms with Gasteiger partial charge in [0, 0.05) is 16.8 Å². The second-order valence-corrected chi connectivity index (χ2v) is 7.13. The standard InChI is InChI=1S/C14H23N3S2/c1-4-8-16-14(3,11-15)7-5-6-9-18-13-17-12(2)10-19-13/h10,16H,4-9H2,1-3H3. The Morgan fingerprint density at radius 1 is 1.53 bits per heavy atom. The predicted molar refractivity (Wildman–Crippen MR) is 83.7 cm³/mol. The number of nitriles is 1. The molecule has 0 aromatic carbocycles. The van der Waals surface area contributed by atoms with E-state index in [-0.39, 0.29) is 5.54 Å². The molecular weight excluding hydrogens is 274 g/mol. The number of hydrogen-bond donors (Lipinski definition) is 1. The van der Waals surface area contributed by atoms with Crippen LogP contribution in [0.1, 0.15) is 45.2 Å². The summed E-state index contributed by atoms with van der Waals surface area (Å²) in [6.07, 6.45) is 4.20. The Bertz CT molecular complexity index is 411. The van der Waals surface area contributed by atoms with Crippen molar-refractivity contribution in [2.75, 3.05) is 12.3 Å². The van der Waals surface area contributed by atoms with Crippen molar-refractivity contribution in [2.45, 2.75) is 56.3 Å². The van der Waals surface area contributed by atoms with Crippen molar-refractivity contribution in [2.24, 2.45) is 0 Å². The van der Waals surface area contributed by atoms with Crippen LogP contribution >= 0.6 is 23.1 Å². The summed E-state index contributed by atoms with van der Waals surface area (Å²) in [5, 5.41) is 14.6. The molecule has 5 heteroatoms. The molecule has 1 aromatic heterocycles. The number of thioether (sulfide) groups is 1. The maximum atomic E-state index is 9.22. The van der Waals surface area contributed by atoms with Gasteiger partial charge in [-0.2, -0.15) is 5.26 Å². The molecule has 19 heavy (non-hydrogen) atoms.